The van der Waals surface area contributed by atoms with E-state index in [4.69, 9.17) is 0 Å². The molecule has 150 valence electrons. The van der Waals surface area contributed by atoms with Crippen LogP contribution in [0.25, 0.3) is 10.9 Å². The minimum absolute atomic E-state index is 0.110. The number of nitrogens with zero attached hydrogens (tertiary/aromatic N) is 3. The van der Waals surface area contributed by atoms with Crippen molar-refractivity contribution in [2.75, 3.05) is 4.90 Å². The number of rotatable bonds is 6. The van der Waals surface area contributed by atoms with Gasteiger partial charge in [-0.15, -0.1) is 0 Å². The van der Waals surface area contributed by atoms with Gasteiger partial charge >= 0.3 is 6.18 Å². The highest BCUT2D eigenvalue weighted by molar-refractivity contribution is 5.96. The van der Waals surface area contributed by atoms with E-state index in [1.165, 1.54) is 6.20 Å². The van der Waals surface area contributed by atoms with Gasteiger partial charge in [0.2, 0.25) is 5.91 Å². The number of alkyl halides is 3. The molecule has 0 bridgehead atoms. The number of halogens is 3. The smallest absolute Gasteiger partial charge is 0.361 e. The van der Waals surface area contributed by atoms with Crippen LogP contribution >= 0.6 is 0 Å². The van der Waals surface area contributed by atoms with Crippen LogP contribution in [0.3, 0.4) is 0 Å². The zero-order valence-corrected chi connectivity index (χ0v) is 16.0. The largest absolute Gasteiger partial charge is 0.435 e. The molecule has 1 aromatic carbocycles. The fraction of sp³-hybridized carbons (Fsp3) is 0.400. The van der Waals surface area contributed by atoms with Crippen LogP contribution in [0.5, 0.6) is 0 Å². The lowest BCUT2D eigenvalue weighted by atomic mass is 10.0. The van der Waals surface area contributed by atoms with Gasteiger partial charge in [0.15, 0.2) is 5.69 Å². The number of carbonyl (C=O) groups is 1. The Morgan fingerprint density at radius 2 is 1.96 bits per heavy atom. The van der Waals surface area contributed by atoms with Gasteiger partial charge in [-0.3, -0.25) is 9.48 Å². The SMILES string of the molecule is CC(C)CC(C)N(C(=O)Cn1ccc(C(F)(F)F)n1)c1ccc2[nH]ccc2c1. The summed E-state index contributed by atoms with van der Waals surface area (Å²) >= 11 is 0. The molecule has 3 aromatic rings. The topological polar surface area (TPSA) is 53.9 Å². The van der Waals surface area contributed by atoms with E-state index in [-0.39, 0.29) is 18.5 Å². The zero-order chi connectivity index (χ0) is 20.5. The van der Waals surface area contributed by atoms with E-state index in [0.717, 1.165) is 28.1 Å². The molecule has 1 unspecified atom stereocenters. The van der Waals surface area contributed by atoms with Crippen molar-refractivity contribution in [1.82, 2.24) is 14.8 Å². The van der Waals surface area contributed by atoms with Crippen LogP contribution in [-0.4, -0.2) is 26.7 Å². The summed E-state index contributed by atoms with van der Waals surface area (Å²) in [5.74, 6) is 0.0580. The molecule has 0 spiro atoms. The maximum Gasteiger partial charge on any atom is 0.435 e. The molecule has 3 rings (SSSR count). The van der Waals surface area contributed by atoms with Crippen LogP contribution in [0, 0.1) is 5.92 Å². The molecule has 0 aliphatic carbocycles. The van der Waals surface area contributed by atoms with Gasteiger partial charge in [0.25, 0.3) is 0 Å². The molecule has 2 aromatic heterocycles. The number of carbonyl (C=O) groups excluding carboxylic acids is 1. The highest BCUT2D eigenvalue weighted by Crippen LogP contribution is 2.28. The Hall–Kier alpha value is -2.77. The number of fused-ring (bicyclic) bond motifs is 1. The van der Waals surface area contributed by atoms with Crippen molar-refractivity contribution < 1.29 is 18.0 Å². The Morgan fingerprint density at radius 3 is 2.61 bits per heavy atom. The first-order valence-electron chi connectivity index (χ1n) is 9.15. The summed E-state index contributed by atoms with van der Waals surface area (Å²) in [6.07, 6.45) is -0.760. The number of hydrogen-bond donors (Lipinski definition) is 1. The van der Waals surface area contributed by atoms with Crippen LogP contribution in [0.4, 0.5) is 18.9 Å². The first kappa shape index (κ1) is 20.0. The van der Waals surface area contributed by atoms with Crippen molar-refractivity contribution in [2.45, 2.75) is 46.0 Å². The van der Waals surface area contributed by atoms with Gasteiger partial charge in [-0.05, 0) is 49.6 Å². The Kier molecular flexibility index (Phi) is 5.49. The van der Waals surface area contributed by atoms with E-state index in [2.05, 4.69) is 23.9 Å². The molecule has 8 heteroatoms. The third kappa shape index (κ3) is 4.37. The molecule has 2 heterocycles. The number of aromatic nitrogens is 3. The first-order chi connectivity index (χ1) is 13.1. The monoisotopic (exact) mass is 392 g/mol. The number of amides is 1. The van der Waals surface area contributed by atoms with Gasteiger partial charge in [-0.25, -0.2) is 0 Å². The normalized spacial score (nSPS) is 13.2. The van der Waals surface area contributed by atoms with E-state index < -0.39 is 11.9 Å². The van der Waals surface area contributed by atoms with Crippen molar-refractivity contribution in [2.24, 2.45) is 5.92 Å². The molecule has 1 N–H and O–H groups in total. The summed E-state index contributed by atoms with van der Waals surface area (Å²) in [5.41, 5.74) is 0.666. The zero-order valence-electron chi connectivity index (χ0n) is 16.0. The molecule has 0 saturated carbocycles. The van der Waals surface area contributed by atoms with Gasteiger partial charge in [0, 0.05) is 35.0 Å². The number of H-pyrrole nitrogens is 1. The third-order valence-electron chi connectivity index (χ3n) is 4.57. The summed E-state index contributed by atoms with van der Waals surface area (Å²) in [6.45, 7) is 5.82. The van der Waals surface area contributed by atoms with Crippen molar-refractivity contribution in [3.63, 3.8) is 0 Å². The second kappa shape index (κ2) is 7.69. The van der Waals surface area contributed by atoms with E-state index >= 15 is 0 Å². The Balaban J connectivity index is 1.89. The molecule has 0 radical (unpaired) electrons. The summed E-state index contributed by atoms with van der Waals surface area (Å²) < 4.78 is 39.4. The van der Waals surface area contributed by atoms with Crippen LogP contribution < -0.4 is 4.90 Å². The lowest BCUT2D eigenvalue weighted by Gasteiger charge is -2.30. The van der Waals surface area contributed by atoms with Gasteiger partial charge in [0.05, 0.1) is 0 Å². The Bertz CT molecular complexity index is 958. The number of anilines is 1. The molecule has 28 heavy (non-hydrogen) atoms. The predicted octanol–water partition coefficient (Wildman–Crippen LogP) is 4.85. The maximum atomic E-state index is 13.0. The third-order valence-corrected chi connectivity index (χ3v) is 4.57. The predicted molar refractivity (Wildman–Crippen MR) is 102 cm³/mol. The summed E-state index contributed by atoms with van der Waals surface area (Å²) in [6, 6.07) is 8.32. The van der Waals surface area contributed by atoms with E-state index in [1.807, 2.05) is 37.4 Å². The molecule has 0 fully saturated rings. The number of hydrogen-bond acceptors (Lipinski definition) is 2. The van der Waals surface area contributed by atoms with E-state index in [1.54, 1.807) is 4.90 Å². The van der Waals surface area contributed by atoms with Crippen LogP contribution in [0.15, 0.2) is 42.7 Å². The lowest BCUT2D eigenvalue weighted by molar-refractivity contribution is -0.141. The molecule has 0 saturated heterocycles. The van der Waals surface area contributed by atoms with Crippen molar-refractivity contribution in [3.8, 4) is 0 Å². The molecule has 0 aliphatic heterocycles. The number of benzene rings is 1. The Labute approximate surface area is 161 Å². The molecular weight excluding hydrogens is 369 g/mol. The number of aromatic amines is 1. The average molecular weight is 392 g/mol. The van der Waals surface area contributed by atoms with Crippen LogP contribution in [-0.2, 0) is 17.5 Å². The van der Waals surface area contributed by atoms with Crippen LogP contribution in [0.2, 0.25) is 0 Å². The fourth-order valence-corrected chi connectivity index (χ4v) is 3.44. The summed E-state index contributed by atoms with van der Waals surface area (Å²) in [5, 5.41) is 4.46. The second-order valence-electron chi connectivity index (χ2n) is 7.39. The fourth-order valence-electron chi connectivity index (χ4n) is 3.44. The van der Waals surface area contributed by atoms with E-state index in [9.17, 15) is 18.0 Å². The number of nitrogens with one attached hydrogen (secondary N) is 1. The highest BCUT2D eigenvalue weighted by Gasteiger charge is 2.34. The first-order valence-corrected chi connectivity index (χ1v) is 9.15. The quantitative estimate of drug-likeness (QED) is 0.652. The van der Waals surface area contributed by atoms with Crippen molar-refractivity contribution >= 4 is 22.5 Å². The van der Waals surface area contributed by atoms with E-state index in [0.29, 0.717) is 11.6 Å². The maximum absolute atomic E-state index is 13.0. The molecular formula is C20H23F3N4O. The summed E-state index contributed by atoms with van der Waals surface area (Å²) in [4.78, 5) is 17.8. The molecule has 0 aliphatic rings. The molecule has 5 nitrogen and oxygen atoms in total. The lowest BCUT2D eigenvalue weighted by Crippen LogP contribution is -2.41. The second-order valence-corrected chi connectivity index (χ2v) is 7.39. The van der Waals surface area contributed by atoms with Crippen molar-refractivity contribution in [3.05, 3.63) is 48.4 Å². The van der Waals surface area contributed by atoms with Crippen LogP contribution in [0.1, 0.15) is 32.9 Å². The van der Waals surface area contributed by atoms with Gasteiger partial charge in [0.1, 0.15) is 6.54 Å². The average Bonchev–Trinajstić information content (AvgIpc) is 3.22. The minimum Gasteiger partial charge on any atom is -0.361 e. The molecule has 1 amide bonds. The standard InChI is InChI=1S/C20H23F3N4O/c1-13(2)10-14(3)27(16-4-5-17-15(11-16)6-8-24-17)19(28)12-26-9-7-18(25-26)20(21,22)23/h4-9,11,13-14,24H,10,12H2,1-3H3. The van der Waals surface area contributed by atoms with Gasteiger partial charge < -0.3 is 9.88 Å². The van der Waals surface area contributed by atoms with Crippen molar-refractivity contribution in [1.29, 1.82) is 0 Å². The van der Waals surface area contributed by atoms with Gasteiger partial charge in [-0.1, -0.05) is 13.8 Å². The minimum atomic E-state index is -4.53. The highest BCUT2D eigenvalue weighted by atomic mass is 19.4. The molecule has 1 atom stereocenters. The van der Waals surface area contributed by atoms with Gasteiger partial charge in [-0.2, -0.15) is 18.3 Å². The summed E-state index contributed by atoms with van der Waals surface area (Å²) in [7, 11) is 0. The Morgan fingerprint density at radius 1 is 1.21 bits per heavy atom.